The lowest BCUT2D eigenvalue weighted by atomic mass is 9.90. The van der Waals surface area contributed by atoms with E-state index in [1.807, 2.05) is 31.7 Å². The number of nitrogens with zero attached hydrogens (tertiary/aromatic N) is 2. The molecule has 0 amide bonds. The Morgan fingerprint density at radius 1 is 1.64 bits per heavy atom. The van der Waals surface area contributed by atoms with E-state index in [0.717, 1.165) is 0 Å². The maximum absolute atomic E-state index is 10.4. The average molecular weight is 198 g/mol. The van der Waals surface area contributed by atoms with Crippen molar-refractivity contribution in [2.45, 2.75) is 19.4 Å². The van der Waals surface area contributed by atoms with Crippen LogP contribution in [0.15, 0.2) is 12.4 Å². The Labute approximate surface area is 84.5 Å². The molecule has 1 heterocycles. The normalized spacial score (nSPS) is 15.9. The third kappa shape index (κ3) is 1.81. The van der Waals surface area contributed by atoms with Gasteiger partial charge in [0.05, 0.1) is 6.61 Å². The van der Waals surface area contributed by atoms with E-state index in [9.17, 15) is 5.11 Å². The first-order valence-electron chi connectivity index (χ1n) is 4.71. The van der Waals surface area contributed by atoms with Gasteiger partial charge in [0, 0.05) is 26.6 Å². The minimum Gasteiger partial charge on any atom is -0.381 e. The zero-order valence-electron chi connectivity index (χ0n) is 9.19. The van der Waals surface area contributed by atoms with Crippen LogP contribution >= 0.6 is 0 Å². The molecule has 0 bridgehead atoms. The smallest absolute Gasteiger partial charge is 0.148 e. The first-order valence-corrected chi connectivity index (χ1v) is 4.71. The largest absolute Gasteiger partial charge is 0.381 e. The molecule has 0 aliphatic heterocycles. The van der Waals surface area contributed by atoms with Gasteiger partial charge in [-0.25, -0.2) is 4.98 Å². The molecular weight excluding hydrogens is 180 g/mol. The highest BCUT2D eigenvalue weighted by atomic mass is 16.5. The number of ether oxygens (including phenoxy) is 1. The van der Waals surface area contributed by atoms with Gasteiger partial charge in [0.2, 0.25) is 0 Å². The summed E-state index contributed by atoms with van der Waals surface area (Å²) in [7, 11) is 3.45. The number of rotatable bonds is 4. The fraction of sp³-hybridized carbons (Fsp3) is 0.700. The van der Waals surface area contributed by atoms with Crippen LogP contribution in [0.5, 0.6) is 0 Å². The molecular formula is C10H18N2O2. The molecule has 0 saturated carbocycles. The summed E-state index contributed by atoms with van der Waals surface area (Å²) in [6.07, 6.45) is 3.50. The van der Waals surface area contributed by atoms with E-state index in [1.165, 1.54) is 0 Å². The molecule has 0 aromatic carbocycles. The van der Waals surface area contributed by atoms with Crippen LogP contribution < -0.4 is 0 Å². The molecule has 0 radical (unpaired) electrons. The molecule has 4 heteroatoms. The van der Waals surface area contributed by atoms with Gasteiger partial charge in [-0.2, -0.15) is 0 Å². The molecule has 1 aromatic rings. The third-order valence-corrected chi connectivity index (χ3v) is 2.53. The van der Waals surface area contributed by atoms with E-state index < -0.39 is 5.60 Å². The van der Waals surface area contributed by atoms with Crippen molar-refractivity contribution in [1.82, 2.24) is 9.55 Å². The van der Waals surface area contributed by atoms with E-state index in [2.05, 4.69) is 4.98 Å². The van der Waals surface area contributed by atoms with Crippen LogP contribution in [0.3, 0.4) is 0 Å². The van der Waals surface area contributed by atoms with Crippen molar-refractivity contribution in [2.24, 2.45) is 13.0 Å². The summed E-state index contributed by atoms with van der Waals surface area (Å²) in [5, 5.41) is 10.4. The Balaban J connectivity index is 3.05. The van der Waals surface area contributed by atoms with Gasteiger partial charge in [0.1, 0.15) is 11.4 Å². The fourth-order valence-electron chi connectivity index (χ4n) is 1.49. The van der Waals surface area contributed by atoms with Gasteiger partial charge in [-0.05, 0) is 5.92 Å². The molecule has 0 aliphatic carbocycles. The summed E-state index contributed by atoms with van der Waals surface area (Å²) in [6, 6.07) is 0. The third-order valence-electron chi connectivity index (χ3n) is 2.53. The molecule has 1 aromatic heterocycles. The molecule has 1 rings (SSSR count). The molecule has 0 fully saturated rings. The van der Waals surface area contributed by atoms with E-state index in [0.29, 0.717) is 5.82 Å². The van der Waals surface area contributed by atoms with Crippen molar-refractivity contribution < 1.29 is 9.84 Å². The van der Waals surface area contributed by atoms with Crippen molar-refractivity contribution >= 4 is 0 Å². The number of hydrogen-bond acceptors (Lipinski definition) is 3. The molecule has 1 unspecified atom stereocenters. The Hall–Kier alpha value is -0.870. The summed E-state index contributed by atoms with van der Waals surface area (Å²) in [6.45, 7) is 4.16. The van der Waals surface area contributed by atoms with Crippen LogP contribution in [0.4, 0.5) is 0 Å². The quantitative estimate of drug-likeness (QED) is 0.782. The molecule has 4 nitrogen and oxygen atoms in total. The maximum Gasteiger partial charge on any atom is 0.148 e. The number of aliphatic hydroxyl groups is 1. The zero-order valence-corrected chi connectivity index (χ0v) is 9.19. The summed E-state index contributed by atoms with van der Waals surface area (Å²) >= 11 is 0. The Morgan fingerprint density at radius 3 is 2.64 bits per heavy atom. The second kappa shape index (κ2) is 4.11. The molecule has 1 atom stereocenters. The second-order valence-corrected chi connectivity index (χ2v) is 3.87. The van der Waals surface area contributed by atoms with Crippen molar-refractivity contribution in [3.8, 4) is 0 Å². The molecule has 0 saturated heterocycles. The van der Waals surface area contributed by atoms with Crippen LogP contribution in [0, 0.1) is 5.92 Å². The molecule has 80 valence electrons. The molecule has 0 spiro atoms. The van der Waals surface area contributed by atoms with Crippen LogP contribution in [-0.4, -0.2) is 28.4 Å². The summed E-state index contributed by atoms with van der Waals surface area (Å²) < 4.78 is 6.86. The van der Waals surface area contributed by atoms with Crippen LogP contribution in [-0.2, 0) is 17.4 Å². The summed E-state index contributed by atoms with van der Waals surface area (Å²) in [5.74, 6) is 0.706. The predicted molar refractivity (Wildman–Crippen MR) is 53.8 cm³/mol. The van der Waals surface area contributed by atoms with Crippen LogP contribution in [0.1, 0.15) is 19.7 Å². The highest BCUT2D eigenvalue weighted by Gasteiger charge is 2.36. The molecule has 14 heavy (non-hydrogen) atoms. The van der Waals surface area contributed by atoms with Gasteiger partial charge in [-0.15, -0.1) is 0 Å². The van der Waals surface area contributed by atoms with Crippen molar-refractivity contribution in [3.63, 3.8) is 0 Å². The van der Waals surface area contributed by atoms with Gasteiger partial charge in [-0.3, -0.25) is 0 Å². The first-order chi connectivity index (χ1) is 6.52. The Morgan fingerprint density at radius 2 is 2.29 bits per heavy atom. The number of aromatic nitrogens is 2. The first kappa shape index (κ1) is 11.2. The SMILES string of the molecule is COCC(O)(c1nccn1C)C(C)C. The molecule has 1 N–H and O–H groups in total. The van der Waals surface area contributed by atoms with Crippen LogP contribution in [0.25, 0.3) is 0 Å². The number of imidazole rings is 1. The Bertz CT molecular complexity index is 296. The van der Waals surface area contributed by atoms with E-state index in [4.69, 9.17) is 4.74 Å². The minimum absolute atomic E-state index is 0.0588. The van der Waals surface area contributed by atoms with Gasteiger partial charge < -0.3 is 14.4 Å². The van der Waals surface area contributed by atoms with E-state index in [-0.39, 0.29) is 12.5 Å². The Kier molecular flexibility index (Phi) is 3.29. The lowest BCUT2D eigenvalue weighted by molar-refractivity contribution is -0.0780. The minimum atomic E-state index is -1.01. The monoisotopic (exact) mass is 198 g/mol. The maximum atomic E-state index is 10.4. The lowest BCUT2D eigenvalue weighted by Gasteiger charge is -2.30. The highest BCUT2D eigenvalue weighted by molar-refractivity contribution is 5.06. The van der Waals surface area contributed by atoms with Crippen molar-refractivity contribution in [1.29, 1.82) is 0 Å². The number of methoxy groups -OCH3 is 1. The standard InChI is InChI=1S/C10H18N2O2/c1-8(2)10(13,7-14-4)9-11-5-6-12(9)3/h5-6,8,13H,7H2,1-4H3. The van der Waals surface area contributed by atoms with Gasteiger partial charge in [-0.1, -0.05) is 13.8 Å². The second-order valence-electron chi connectivity index (χ2n) is 3.87. The van der Waals surface area contributed by atoms with Gasteiger partial charge in [0.15, 0.2) is 0 Å². The van der Waals surface area contributed by atoms with E-state index in [1.54, 1.807) is 13.3 Å². The van der Waals surface area contributed by atoms with E-state index >= 15 is 0 Å². The summed E-state index contributed by atoms with van der Waals surface area (Å²) in [5.41, 5.74) is -1.01. The average Bonchev–Trinajstić information content (AvgIpc) is 2.51. The lowest BCUT2D eigenvalue weighted by Crippen LogP contribution is -2.39. The zero-order chi connectivity index (χ0) is 10.8. The number of hydrogen-bond donors (Lipinski definition) is 1. The van der Waals surface area contributed by atoms with Gasteiger partial charge >= 0.3 is 0 Å². The van der Waals surface area contributed by atoms with Crippen molar-refractivity contribution in [3.05, 3.63) is 18.2 Å². The van der Waals surface area contributed by atoms with Crippen LogP contribution in [0.2, 0.25) is 0 Å². The predicted octanol–water partition coefficient (Wildman–Crippen LogP) is 0.910. The van der Waals surface area contributed by atoms with Gasteiger partial charge in [0.25, 0.3) is 0 Å². The highest BCUT2D eigenvalue weighted by Crippen LogP contribution is 2.28. The van der Waals surface area contributed by atoms with Crippen molar-refractivity contribution in [2.75, 3.05) is 13.7 Å². The number of aryl methyl sites for hydroxylation is 1. The molecule has 0 aliphatic rings. The topological polar surface area (TPSA) is 47.3 Å². The fourth-order valence-corrected chi connectivity index (χ4v) is 1.49. The summed E-state index contributed by atoms with van der Waals surface area (Å²) in [4.78, 5) is 4.16.